The van der Waals surface area contributed by atoms with Crippen LogP contribution >= 0.6 is 0 Å². The summed E-state index contributed by atoms with van der Waals surface area (Å²) in [7, 11) is 2.10. The van der Waals surface area contributed by atoms with E-state index in [0.29, 0.717) is 12.1 Å². The summed E-state index contributed by atoms with van der Waals surface area (Å²) in [6, 6.07) is 3.32. The topological polar surface area (TPSA) is 29.9 Å². The molecule has 1 fully saturated rings. The van der Waals surface area contributed by atoms with Crippen LogP contribution < -0.4 is 5.32 Å². The molecule has 0 aromatic carbocycles. The zero-order chi connectivity index (χ0) is 13.1. The first-order chi connectivity index (χ1) is 8.60. The summed E-state index contributed by atoms with van der Waals surface area (Å²) in [5.74, 6) is 1.61. The van der Waals surface area contributed by atoms with E-state index < -0.39 is 0 Å². The molecule has 102 valence electrons. The SMILES string of the molecule is CNC1CCC(C)CC1Cc1ccn(C(C)C)n1. The van der Waals surface area contributed by atoms with E-state index >= 15 is 0 Å². The Hall–Kier alpha value is -0.830. The molecular weight excluding hydrogens is 222 g/mol. The van der Waals surface area contributed by atoms with Gasteiger partial charge in [-0.1, -0.05) is 6.92 Å². The maximum Gasteiger partial charge on any atom is 0.0628 e. The van der Waals surface area contributed by atoms with Gasteiger partial charge in [-0.05, 0) is 64.5 Å². The van der Waals surface area contributed by atoms with Gasteiger partial charge in [-0.15, -0.1) is 0 Å². The number of nitrogens with one attached hydrogen (secondary N) is 1. The molecule has 1 N–H and O–H groups in total. The predicted octanol–water partition coefficient (Wildman–Crippen LogP) is 3.03. The van der Waals surface area contributed by atoms with Gasteiger partial charge in [0.05, 0.1) is 5.69 Å². The first-order valence-corrected chi connectivity index (χ1v) is 7.31. The summed E-state index contributed by atoms with van der Waals surface area (Å²) in [6.45, 7) is 6.73. The van der Waals surface area contributed by atoms with Gasteiger partial charge >= 0.3 is 0 Å². The lowest BCUT2D eigenvalue weighted by Crippen LogP contribution is -2.39. The lowest BCUT2D eigenvalue weighted by atomic mass is 9.77. The van der Waals surface area contributed by atoms with Crippen molar-refractivity contribution in [1.29, 1.82) is 0 Å². The van der Waals surface area contributed by atoms with Crippen molar-refractivity contribution in [2.75, 3.05) is 7.05 Å². The molecule has 0 amide bonds. The highest BCUT2D eigenvalue weighted by Gasteiger charge is 2.28. The van der Waals surface area contributed by atoms with Crippen LogP contribution in [0.1, 0.15) is 51.8 Å². The molecular formula is C15H27N3. The van der Waals surface area contributed by atoms with Gasteiger partial charge < -0.3 is 5.32 Å². The van der Waals surface area contributed by atoms with Crippen molar-refractivity contribution in [2.45, 2.75) is 58.5 Å². The van der Waals surface area contributed by atoms with Crippen LogP contribution in [0.2, 0.25) is 0 Å². The Morgan fingerprint density at radius 1 is 1.44 bits per heavy atom. The lowest BCUT2D eigenvalue weighted by molar-refractivity contribution is 0.218. The average Bonchev–Trinajstić information content (AvgIpc) is 2.78. The fraction of sp³-hybridized carbons (Fsp3) is 0.800. The van der Waals surface area contributed by atoms with Gasteiger partial charge in [0.25, 0.3) is 0 Å². The zero-order valence-electron chi connectivity index (χ0n) is 12.2. The van der Waals surface area contributed by atoms with Crippen LogP contribution in [-0.4, -0.2) is 22.9 Å². The molecule has 0 saturated heterocycles. The monoisotopic (exact) mass is 249 g/mol. The normalized spacial score (nSPS) is 28.8. The second-order valence-electron chi connectivity index (χ2n) is 6.16. The summed E-state index contributed by atoms with van der Waals surface area (Å²) >= 11 is 0. The molecule has 3 nitrogen and oxygen atoms in total. The summed E-state index contributed by atoms with van der Waals surface area (Å²) in [4.78, 5) is 0. The van der Waals surface area contributed by atoms with E-state index in [2.05, 4.69) is 55.2 Å². The van der Waals surface area contributed by atoms with Crippen LogP contribution in [0.5, 0.6) is 0 Å². The van der Waals surface area contributed by atoms with Gasteiger partial charge in [-0.2, -0.15) is 5.10 Å². The van der Waals surface area contributed by atoms with Gasteiger partial charge in [-0.3, -0.25) is 4.68 Å². The minimum absolute atomic E-state index is 0.462. The number of aromatic nitrogens is 2. The average molecular weight is 249 g/mol. The highest BCUT2D eigenvalue weighted by molar-refractivity contribution is 5.03. The van der Waals surface area contributed by atoms with Crippen LogP contribution in [-0.2, 0) is 6.42 Å². The molecule has 3 heteroatoms. The number of rotatable bonds is 4. The highest BCUT2D eigenvalue weighted by atomic mass is 15.3. The fourth-order valence-corrected chi connectivity index (χ4v) is 3.15. The molecule has 1 aliphatic carbocycles. The molecule has 1 saturated carbocycles. The minimum Gasteiger partial charge on any atom is -0.317 e. The van der Waals surface area contributed by atoms with E-state index in [9.17, 15) is 0 Å². The Morgan fingerprint density at radius 2 is 2.22 bits per heavy atom. The molecule has 1 aromatic heterocycles. The second-order valence-corrected chi connectivity index (χ2v) is 6.16. The van der Waals surface area contributed by atoms with Crippen LogP contribution in [0.4, 0.5) is 0 Å². The number of hydrogen-bond donors (Lipinski definition) is 1. The van der Waals surface area contributed by atoms with Crippen LogP contribution in [0, 0.1) is 11.8 Å². The van der Waals surface area contributed by atoms with E-state index in [1.807, 2.05) is 0 Å². The molecule has 1 heterocycles. The number of hydrogen-bond acceptors (Lipinski definition) is 2. The standard InChI is InChI=1S/C15H27N3/c1-11(2)18-8-7-14(17-18)10-13-9-12(3)5-6-15(13)16-4/h7-8,11-13,15-16H,5-6,9-10H2,1-4H3. The van der Waals surface area contributed by atoms with Crippen LogP contribution in [0.15, 0.2) is 12.3 Å². The largest absolute Gasteiger partial charge is 0.317 e. The summed E-state index contributed by atoms with van der Waals surface area (Å²) in [6.07, 6.45) is 7.24. The fourth-order valence-electron chi connectivity index (χ4n) is 3.15. The molecule has 1 aromatic rings. The Morgan fingerprint density at radius 3 is 2.83 bits per heavy atom. The Balaban J connectivity index is 2.01. The molecule has 3 unspecified atom stereocenters. The second kappa shape index (κ2) is 5.87. The van der Waals surface area contributed by atoms with E-state index in [1.54, 1.807) is 0 Å². The van der Waals surface area contributed by atoms with Crippen molar-refractivity contribution in [1.82, 2.24) is 15.1 Å². The first kappa shape index (κ1) is 13.6. The molecule has 0 aliphatic heterocycles. The molecule has 18 heavy (non-hydrogen) atoms. The maximum atomic E-state index is 4.69. The van der Waals surface area contributed by atoms with Crippen molar-refractivity contribution < 1.29 is 0 Å². The summed E-state index contributed by atoms with van der Waals surface area (Å²) in [5, 5.41) is 8.18. The Bertz CT molecular complexity index is 370. The van der Waals surface area contributed by atoms with Gasteiger partial charge in [0.15, 0.2) is 0 Å². The van der Waals surface area contributed by atoms with Crippen molar-refractivity contribution in [2.24, 2.45) is 11.8 Å². The van der Waals surface area contributed by atoms with E-state index in [-0.39, 0.29) is 0 Å². The third kappa shape index (κ3) is 3.14. The van der Waals surface area contributed by atoms with Crippen molar-refractivity contribution in [3.8, 4) is 0 Å². The van der Waals surface area contributed by atoms with Crippen molar-refractivity contribution in [3.63, 3.8) is 0 Å². The number of nitrogens with zero attached hydrogens (tertiary/aromatic N) is 2. The van der Waals surface area contributed by atoms with E-state index in [4.69, 9.17) is 0 Å². The van der Waals surface area contributed by atoms with Gasteiger partial charge in [0.2, 0.25) is 0 Å². The smallest absolute Gasteiger partial charge is 0.0628 e. The minimum atomic E-state index is 0.462. The van der Waals surface area contributed by atoms with Crippen molar-refractivity contribution >= 4 is 0 Å². The first-order valence-electron chi connectivity index (χ1n) is 7.31. The molecule has 0 bridgehead atoms. The van der Waals surface area contributed by atoms with Crippen LogP contribution in [0.3, 0.4) is 0 Å². The lowest BCUT2D eigenvalue weighted by Gasteiger charge is -2.34. The van der Waals surface area contributed by atoms with Gasteiger partial charge in [0, 0.05) is 18.3 Å². The van der Waals surface area contributed by atoms with E-state index in [0.717, 1.165) is 18.3 Å². The maximum absolute atomic E-state index is 4.69. The van der Waals surface area contributed by atoms with Crippen LogP contribution in [0.25, 0.3) is 0 Å². The summed E-state index contributed by atoms with van der Waals surface area (Å²) in [5.41, 5.74) is 1.25. The predicted molar refractivity (Wildman–Crippen MR) is 75.7 cm³/mol. The molecule has 3 atom stereocenters. The molecule has 0 spiro atoms. The Labute approximate surface area is 111 Å². The quantitative estimate of drug-likeness (QED) is 0.889. The molecule has 0 radical (unpaired) electrons. The Kier molecular flexibility index (Phi) is 4.44. The molecule has 1 aliphatic rings. The third-order valence-electron chi connectivity index (χ3n) is 4.28. The van der Waals surface area contributed by atoms with E-state index in [1.165, 1.54) is 25.0 Å². The van der Waals surface area contributed by atoms with Crippen molar-refractivity contribution in [3.05, 3.63) is 18.0 Å². The van der Waals surface area contributed by atoms with Gasteiger partial charge in [-0.25, -0.2) is 0 Å². The van der Waals surface area contributed by atoms with Gasteiger partial charge in [0.1, 0.15) is 0 Å². The third-order valence-corrected chi connectivity index (χ3v) is 4.28. The highest BCUT2D eigenvalue weighted by Crippen LogP contribution is 2.31. The zero-order valence-corrected chi connectivity index (χ0v) is 12.2. The molecule has 2 rings (SSSR count). The summed E-state index contributed by atoms with van der Waals surface area (Å²) < 4.78 is 2.07.